The molecule has 1 fully saturated rings. The molecule has 0 aromatic heterocycles. The molecule has 1 amide bonds. The first-order valence-electron chi connectivity index (χ1n) is 8.13. The lowest BCUT2D eigenvalue weighted by molar-refractivity contribution is 0.0730. The Balaban J connectivity index is 1.85. The maximum atomic E-state index is 12.8. The van der Waals surface area contributed by atoms with Gasteiger partial charge in [-0.25, -0.2) is 8.42 Å². The molecule has 1 saturated heterocycles. The van der Waals surface area contributed by atoms with Gasteiger partial charge in [0.15, 0.2) is 0 Å². The zero-order valence-electron chi connectivity index (χ0n) is 14.2. The monoisotopic (exact) mass is 394 g/mol. The minimum Gasteiger partial charge on any atom is -0.379 e. The van der Waals surface area contributed by atoms with Crippen LogP contribution in [0.4, 0.5) is 5.69 Å². The van der Waals surface area contributed by atoms with Crippen LogP contribution >= 0.6 is 11.6 Å². The molecule has 2 aromatic rings. The van der Waals surface area contributed by atoms with E-state index in [0.717, 1.165) is 5.56 Å². The zero-order chi connectivity index (χ0) is 18.7. The standard InChI is InChI=1S/C18H19ClN2O4S/c1-13-2-7-16(26(23,24)21-8-10-25-11-9-21)12-17(13)20-18(22)14-3-5-15(19)6-4-14/h2-7,12H,8-11H2,1H3,(H,20,22). The highest BCUT2D eigenvalue weighted by molar-refractivity contribution is 7.89. The number of sulfonamides is 1. The number of carbonyl (C=O) groups is 1. The summed E-state index contributed by atoms with van der Waals surface area (Å²) in [6.45, 7) is 3.21. The number of halogens is 1. The van der Waals surface area contributed by atoms with Crippen molar-refractivity contribution in [3.63, 3.8) is 0 Å². The Hall–Kier alpha value is -1.93. The van der Waals surface area contributed by atoms with Gasteiger partial charge in [-0.3, -0.25) is 4.79 Å². The molecule has 2 aromatic carbocycles. The molecule has 0 aliphatic carbocycles. The molecule has 0 saturated carbocycles. The molecule has 26 heavy (non-hydrogen) atoms. The summed E-state index contributed by atoms with van der Waals surface area (Å²) >= 11 is 5.83. The normalized spacial score (nSPS) is 15.6. The van der Waals surface area contributed by atoms with Crippen molar-refractivity contribution in [3.8, 4) is 0 Å². The summed E-state index contributed by atoms with van der Waals surface area (Å²) in [5.74, 6) is -0.328. The Morgan fingerprint density at radius 2 is 1.77 bits per heavy atom. The maximum Gasteiger partial charge on any atom is 0.255 e. The van der Waals surface area contributed by atoms with Gasteiger partial charge >= 0.3 is 0 Å². The number of aryl methyl sites for hydroxylation is 1. The number of hydrogen-bond donors (Lipinski definition) is 1. The van der Waals surface area contributed by atoms with E-state index in [1.807, 2.05) is 6.92 Å². The first kappa shape index (κ1) is 18.8. The molecule has 0 bridgehead atoms. The SMILES string of the molecule is Cc1ccc(S(=O)(=O)N2CCOCC2)cc1NC(=O)c1ccc(Cl)cc1. The summed E-state index contributed by atoms with van der Waals surface area (Å²) in [5.41, 5.74) is 1.67. The van der Waals surface area contributed by atoms with Gasteiger partial charge in [0.25, 0.3) is 5.91 Å². The number of nitrogens with one attached hydrogen (secondary N) is 1. The van der Waals surface area contributed by atoms with Gasteiger partial charge in [-0.1, -0.05) is 17.7 Å². The van der Waals surface area contributed by atoms with E-state index in [2.05, 4.69) is 5.32 Å². The second kappa shape index (κ2) is 7.75. The number of anilines is 1. The van der Waals surface area contributed by atoms with E-state index in [1.165, 1.54) is 10.4 Å². The average molecular weight is 395 g/mol. The first-order valence-corrected chi connectivity index (χ1v) is 9.95. The predicted octanol–water partition coefficient (Wildman–Crippen LogP) is 2.92. The maximum absolute atomic E-state index is 12.8. The summed E-state index contributed by atoms with van der Waals surface area (Å²) in [6, 6.07) is 11.2. The Bertz CT molecular complexity index is 907. The van der Waals surface area contributed by atoms with Crippen LogP contribution in [0.3, 0.4) is 0 Å². The van der Waals surface area contributed by atoms with E-state index in [0.29, 0.717) is 42.6 Å². The first-order chi connectivity index (χ1) is 12.4. The van der Waals surface area contributed by atoms with Crippen molar-refractivity contribution in [1.82, 2.24) is 4.31 Å². The molecule has 3 rings (SSSR count). The molecular weight excluding hydrogens is 376 g/mol. The second-order valence-electron chi connectivity index (χ2n) is 5.95. The lowest BCUT2D eigenvalue weighted by atomic mass is 10.1. The number of rotatable bonds is 4. The average Bonchev–Trinajstić information content (AvgIpc) is 2.64. The van der Waals surface area contributed by atoms with Crippen LogP contribution in [0.1, 0.15) is 15.9 Å². The number of carbonyl (C=O) groups excluding carboxylic acids is 1. The fraction of sp³-hybridized carbons (Fsp3) is 0.278. The largest absolute Gasteiger partial charge is 0.379 e. The Morgan fingerprint density at radius 3 is 2.42 bits per heavy atom. The molecule has 8 heteroatoms. The molecule has 1 aliphatic rings. The highest BCUT2D eigenvalue weighted by atomic mass is 35.5. The van der Waals surface area contributed by atoms with E-state index in [-0.39, 0.29) is 10.8 Å². The predicted molar refractivity (Wildman–Crippen MR) is 100 cm³/mol. The van der Waals surface area contributed by atoms with Crippen molar-refractivity contribution >= 4 is 33.2 Å². The lowest BCUT2D eigenvalue weighted by Gasteiger charge is -2.26. The van der Waals surface area contributed by atoms with E-state index in [1.54, 1.807) is 36.4 Å². The summed E-state index contributed by atoms with van der Waals surface area (Å²) < 4.78 is 32.2. The van der Waals surface area contributed by atoms with E-state index in [4.69, 9.17) is 16.3 Å². The highest BCUT2D eigenvalue weighted by Crippen LogP contribution is 2.24. The summed E-state index contributed by atoms with van der Waals surface area (Å²) in [6.07, 6.45) is 0. The number of hydrogen-bond acceptors (Lipinski definition) is 4. The van der Waals surface area contributed by atoms with Crippen molar-refractivity contribution < 1.29 is 17.9 Å². The molecule has 1 N–H and O–H groups in total. The third kappa shape index (κ3) is 4.07. The lowest BCUT2D eigenvalue weighted by Crippen LogP contribution is -2.40. The second-order valence-corrected chi connectivity index (χ2v) is 8.33. The molecule has 138 valence electrons. The van der Waals surface area contributed by atoms with Crippen molar-refractivity contribution in [2.75, 3.05) is 31.6 Å². The molecule has 1 heterocycles. The van der Waals surface area contributed by atoms with Crippen molar-refractivity contribution in [2.24, 2.45) is 0 Å². The van der Waals surface area contributed by atoms with Crippen LogP contribution in [0.5, 0.6) is 0 Å². The summed E-state index contributed by atoms with van der Waals surface area (Å²) in [4.78, 5) is 12.6. The fourth-order valence-corrected chi connectivity index (χ4v) is 4.19. The van der Waals surface area contributed by atoms with Gasteiger partial charge in [0.1, 0.15) is 0 Å². The summed E-state index contributed by atoms with van der Waals surface area (Å²) in [5, 5.41) is 3.31. The Labute approximate surface area is 157 Å². The number of nitrogens with zero attached hydrogens (tertiary/aromatic N) is 1. The molecule has 0 unspecified atom stereocenters. The summed E-state index contributed by atoms with van der Waals surface area (Å²) in [7, 11) is -3.62. The van der Waals surface area contributed by atoms with Gasteiger partial charge in [-0.2, -0.15) is 4.31 Å². The fourth-order valence-electron chi connectivity index (χ4n) is 2.63. The van der Waals surface area contributed by atoms with Crippen LogP contribution in [-0.4, -0.2) is 44.9 Å². The third-order valence-electron chi connectivity index (χ3n) is 4.17. The van der Waals surface area contributed by atoms with Gasteiger partial charge in [0.2, 0.25) is 10.0 Å². The van der Waals surface area contributed by atoms with Crippen LogP contribution in [0.15, 0.2) is 47.4 Å². The third-order valence-corrected chi connectivity index (χ3v) is 6.32. The van der Waals surface area contributed by atoms with Crippen LogP contribution in [0.25, 0.3) is 0 Å². The van der Waals surface area contributed by atoms with Crippen molar-refractivity contribution in [2.45, 2.75) is 11.8 Å². The Morgan fingerprint density at radius 1 is 1.12 bits per heavy atom. The van der Waals surface area contributed by atoms with Crippen molar-refractivity contribution in [3.05, 3.63) is 58.6 Å². The van der Waals surface area contributed by atoms with E-state index in [9.17, 15) is 13.2 Å². The van der Waals surface area contributed by atoms with E-state index < -0.39 is 10.0 Å². The Kier molecular flexibility index (Phi) is 5.62. The number of ether oxygens (including phenoxy) is 1. The number of benzene rings is 2. The molecule has 0 radical (unpaired) electrons. The number of amides is 1. The van der Waals surface area contributed by atoms with Gasteiger partial charge < -0.3 is 10.1 Å². The molecule has 0 spiro atoms. The topological polar surface area (TPSA) is 75.7 Å². The molecular formula is C18H19ClN2O4S. The number of morpholine rings is 1. The van der Waals surface area contributed by atoms with Crippen LogP contribution < -0.4 is 5.32 Å². The van der Waals surface area contributed by atoms with Crippen LogP contribution in [-0.2, 0) is 14.8 Å². The zero-order valence-corrected chi connectivity index (χ0v) is 15.8. The smallest absolute Gasteiger partial charge is 0.255 e. The van der Waals surface area contributed by atoms with Crippen LogP contribution in [0.2, 0.25) is 5.02 Å². The quantitative estimate of drug-likeness (QED) is 0.865. The van der Waals surface area contributed by atoms with Gasteiger partial charge in [0, 0.05) is 29.4 Å². The van der Waals surface area contributed by atoms with Crippen LogP contribution in [0, 0.1) is 6.92 Å². The van der Waals surface area contributed by atoms with Gasteiger partial charge in [0.05, 0.1) is 18.1 Å². The highest BCUT2D eigenvalue weighted by Gasteiger charge is 2.26. The molecule has 1 aliphatic heterocycles. The minimum absolute atomic E-state index is 0.149. The van der Waals surface area contributed by atoms with Crippen molar-refractivity contribution in [1.29, 1.82) is 0 Å². The minimum atomic E-state index is -3.62. The van der Waals surface area contributed by atoms with Gasteiger partial charge in [-0.15, -0.1) is 0 Å². The van der Waals surface area contributed by atoms with Gasteiger partial charge in [-0.05, 0) is 48.9 Å². The molecule has 6 nitrogen and oxygen atoms in total. The van der Waals surface area contributed by atoms with E-state index >= 15 is 0 Å². The molecule has 0 atom stereocenters.